The van der Waals surface area contributed by atoms with Crippen molar-refractivity contribution >= 4 is 9.04 Å². The molecule has 0 aromatic rings. The first-order valence-corrected chi connectivity index (χ1v) is 7.42. The molecule has 0 bridgehead atoms. The van der Waals surface area contributed by atoms with Crippen LogP contribution >= 0.6 is 0 Å². The Morgan fingerprint density at radius 2 is 1.92 bits per heavy atom. The highest BCUT2D eigenvalue weighted by Crippen LogP contribution is 2.25. The highest BCUT2D eigenvalue weighted by Gasteiger charge is 2.24. The van der Waals surface area contributed by atoms with Gasteiger partial charge in [-0.15, -0.1) is 6.58 Å². The van der Waals surface area contributed by atoms with Crippen molar-refractivity contribution in [3.05, 3.63) is 12.7 Å². The molecule has 0 aromatic heterocycles. The maximum atomic E-state index is 5.92. The van der Waals surface area contributed by atoms with Crippen LogP contribution in [0.15, 0.2) is 12.7 Å². The van der Waals surface area contributed by atoms with Gasteiger partial charge in [0, 0.05) is 0 Å². The molecule has 0 aliphatic heterocycles. The molecule has 0 spiro atoms. The lowest BCUT2D eigenvalue weighted by Crippen LogP contribution is -2.32. The molecule has 0 aliphatic carbocycles. The molecule has 0 aliphatic rings. The van der Waals surface area contributed by atoms with Crippen molar-refractivity contribution < 1.29 is 4.43 Å². The van der Waals surface area contributed by atoms with Crippen LogP contribution in [0.25, 0.3) is 0 Å². The first kappa shape index (κ1) is 11.9. The molecule has 0 heterocycles. The minimum absolute atomic E-state index is 0.242. The van der Waals surface area contributed by atoms with Gasteiger partial charge in [-0.1, -0.05) is 26.8 Å². The van der Waals surface area contributed by atoms with Crippen LogP contribution in [0.5, 0.6) is 0 Å². The summed E-state index contributed by atoms with van der Waals surface area (Å²) in [5.74, 6) is 0. The van der Waals surface area contributed by atoms with Crippen molar-refractivity contribution in [2.75, 3.05) is 0 Å². The summed E-state index contributed by atoms with van der Waals surface area (Å²) >= 11 is 0. The second-order valence-electron chi connectivity index (χ2n) is 4.56. The summed E-state index contributed by atoms with van der Waals surface area (Å²) in [7, 11) is -0.908. The molecular formula is C10H22OSi. The molecule has 1 atom stereocenters. The molecule has 0 saturated heterocycles. The molecule has 0 saturated carbocycles. The zero-order valence-electron chi connectivity index (χ0n) is 9.05. The van der Waals surface area contributed by atoms with Crippen LogP contribution in [0.2, 0.25) is 13.1 Å². The lowest BCUT2D eigenvalue weighted by molar-refractivity contribution is 0.0892. The van der Waals surface area contributed by atoms with Gasteiger partial charge in [0.2, 0.25) is 0 Å². The predicted octanol–water partition coefficient (Wildman–Crippen LogP) is 2.98. The molecule has 12 heavy (non-hydrogen) atoms. The highest BCUT2D eigenvalue weighted by atomic mass is 28.3. The SMILES string of the molecule is C=CCC(O[SiH](C)C)C(C)(C)C. The van der Waals surface area contributed by atoms with Gasteiger partial charge in [-0.25, -0.2) is 0 Å². The first-order valence-electron chi connectivity index (χ1n) is 4.64. The number of hydrogen-bond donors (Lipinski definition) is 0. The third kappa shape index (κ3) is 4.73. The predicted molar refractivity (Wildman–Crippen MR) is 58.0 cm³/mol. The van der Waals surface area contributed by atoms with E-state index in [0.717, 1.165) is 6.42 Å². The fourth-order valence-electron chi connectivity index (χ4n) is 1.09. The van der Waals surface area contributed by atoms with E-state index < -0.39 is 9.04 Å². The summed E-state index contributed by atoms with van der Waals surface area (Å²) in [6.07, 6.45) is 3.27. The summed E-state index contributed by atoms with van der Waals surface area (Å²) in [6.45, 7) is 14.8. The maximum absolute atomic E-state index is 5.92. The third-order valence-electron chi connectivity index (χ3n) is 1.78. The molecule has 0 rings (SSSR count). The van der Waals surface area contributed by atoms with E-state index in [2.05, 4.69) is 40.4 Å². The van der Waals surface area contributed by atoms with Crippen molar-refractivity contribution in [1.82, 2.24) is 0 Å². The van der Waals surface area contributed by atoms with Gasteiger partial charge in [-0.2, -0.15) is 0 Å². The van der Waals surface area contributed by atoms with Gasteiger partial charge >= 0.3 is 0 Å². The van der Waals surface area contributed by atoms with Crippen LogP contribution < -0.4 is 0 Å². The van der Waals surface area contributed by atoms with Crippen molar-refractivity contribution in [2.45, 2.75) is 46.4 Å². The van der Waals surface area contributed by atoms with E-state index in [1.165, 1.54) is 0 Å². The largest absolute Gasteiger partial charge is 0.417 e. The van der Waals surface area contributed by atoms with Gasteiger partial charge < -0.3 is 4.43 Å². The van der Waals surface area contributed by atoms with Gasteiger partial charge in [0.15, 0.2) is 9.04 Å². The average molecular weight is 186 g/mol. The molecule has 0 fully saturated rings. The summed E-state index contributed by atoms with van der Waals surface area (Å²) in [5, 5.41) is 0. The smallest absolute Gasteiger partial charge is 0.171 e. The van der Waals surface area contributed by atoms with E-state index in [0.29, 0.717) is 6.10 Å². The topological polar surface area (TPSA) is 9.23 Å². The fourth-order valence-corrected chi connectivity index (χ4v) is 2.27. The Hall–Kier alpha value is -0.0831. The van der Waals surface area contributed by atoms with Crippen LogP contribution in [-0.4, -0.2) is 15.1 Å². The standard InChI is InChI=1S/C10H22OSi/c1-7-8-9(10(2,3)4)11-12(5)6/h7,9,12H,1,8H2,2-6H3. The zero-order valence-corrected chi connectivity index (χ0v) is 10.2. The van der Waals surface area contributed by atoms with Gasteiger partial charge in [0.1, 0.15) is 0 Å². The minimum atomic E-state index is -0.908. The molecule has 0 N–H and O–H groups in total. The molecule has 1 nitrogen and oxygen atoms in total. The average Bonchev–Trinajstić information content (AvgIpc) is 1.83. The van der Waals surface area contributed by atoms with E-state index in [-0.39, 0.29) is 5.41 Å². The van der Waals surface area contributed by atoms with Crippen LogP contribution in [0.3, 0.4) is 0 Å². The second kappa shape index (κ2) is 4.82. The van der Waals surface area contributed by atoms with Crippen molar-refractivity contribution in [1.29, 1.82) is 0 Å². The summed E-state index contributed by atoms with van der Waals surface area (Å²) in [6, 6.07) is 0. The van der Waals surface area contributed by atoms with E-state index in [1.54, 1.807) is 0 Å². The molecule has 72 valence electrons. The van der Waals surface area contributed by atoms with Gasteiger partial charge in [0.25, 0.3) is 0 Å². The van der Waals surface area contributed by atoms with Crippen LogP contribution in [0, 0.1) is 5.41 Å². The van der Waals surface area contributed by atoms with E-state index in [1.807, 2.05) is 6.08 Å². The number of rotatable bonds is 4. The van der Waals surface area contributed by atoms with Crippen molar-refractivity contribution in [2.24, 2.45) is 5.41 Å². The van der Waals surface area contributed by atoms with E-state index in [4.69, 9.17) is 4.43 Å². The Balaban J connectivity index is 4.13. The van der Waals surface area contributed by atoms with Crippen LogP contribution in [0.4, 0.5) is 0 Å². The lowest BCUT2D eigenvalue weighted by atomic mass is 9.87. The van der Waals surface area contributed by atoms with E-state index in [9.17, 15) is 0 Å². The highest BCUT2D eigenvalue weighted by molar-refractivity contribution is 6.48. The van der Waals surface area contributed by atoms with Gasteiger partial charge in [-0.05, 0) is 24.9 Å². The normalized spacial score (nSPS) is 14.8. The Morgan fingerprint density at radius 3 is 2.17 bits per heavy atom. The van der Waals surface area contributed by atoms with Gasteiger partial charge in [0.05, 0.1) is 6.10 Å². The molecular weight excluding hydrogens is 164 g/mol. The van der Waals surface area contributed by atoms with Crippen LogP contribution in [-0.2, 0) is 4.43 Å². The van der Waals surface area contributed by atoms with Crippen molar-refractivity contribution in [3.8, 4) is 0 Å². The Morgan fingerprint density at radius 1 is 1.42 bits per heavy atom. The van der Waals surface area contributed by atoms with E-state index >= 15 is 0 Å². The molecule has 1 unspecified atom stereocenters. The molecule has 0 amide bonds. The summed E-state index contributed by atoms with van der Waals surface area (Å²) in [4.78, 5) is 0. The summed E-state index contributed by atoms with van der Waals surface area (Å²) in [5.41, 5.74) is 0.242. The lowest BCUT2D eigenvalue weighted by Gasteiger charge is -2.31. The number of hydrogen-bond acceptors (Lipinski definition) is 1. The van der Waals surface area contributed by atoms with Crippen LogP contribution in [0.1, 0.15) is 27.2 Å². The Kier molecular flexibility index (Phi) is 4.79. The second-order valence-corrected chi connectivity index (χ2v) is 6.93. The Bertz CT molecular complexity index is 135. The summed E-state index contributed by atoms with van der Waals surface area (Å²) < 4.78 is 5.92. The zero-order chi connectivity index (χ0) is 9.78. The first-order chi connectivity index (χ1) is 5.38. The quantitative estimate of drug-likeness (QED) is 0.484. The van der Waals surface area contributed by atoms with Crippen molar-refractivity contribution in [3.63, 3.8) is 0 Å². The third-order valence-corrected chi connectivity index (χ3v) is 2.66. The monoisotopic (exact) mass is 186 g/mol. The molecule has 0 aromatic carbocycles. The molecule has 0 radical (unpaired) electrons. The maximum Gasteiger partial charge on any atom is 0.171 e. The molecule has 2 heteroatoms. The fraction of sp³-hybridized carbons (Fsp3) is 0.800. The minimum Gasteiger partial charge on any atom is -0.417 e. The Labute approximate surface area is 78.5 Å². The van der Waals surface area contributed by atoms with Gasteiger partial charge in [-0.3, -0.25) is 0 Å².